The highest BCUT2D eigenvalue weighted by atomic mass is 14.0. The predicted octanol–water partition coefficient (Wildman–Crippen LogP) is 5.48. The molecule has 94 valence electrons. The van der Waals surface area contributed by atoms with E-state index in [0.29, 0.717) is 0 Å². The van der Waals surface area contributed by atoms with Crippen LogP contribution < -0.4 is 0 Å². The van der Waals surface area contributed by atoms with Crippen LogP contribution in [0, 0.1) is 0 Å². The molecule has 0 saturated carbocycles. The SMILES string of the molecule is CCCCCCc1cccc(-c2ccccc2)c1. The highest BCUT2D eigenvalue weighted by Crippen LogP contribution is 2.20. The maximum Gasteiger partial charge on any atom is -0.0181 e. The average molecular weight is 238 g/mol. The largest absolute Gasteiger partial charge is 0.0654 e. The van der Waals surface area contributed by atoms with E-state index in [4.69, 9.17) is 0 Å². The van der Waals surface area contributed by atoms with Crippen molar-refractivity contribution in [2.45, 2.75) is 39.0 Å². The predicted molar refractivity (Wildman–Crippen MR) is 79.7 cm³/mol. The van der Waals surface area contributed by atoms with Crippen molar-refractivity contribution in [1.29, 1.82) is 0 Å². The summed E-state index contributed by atoms with van der Waals surface area (Å²) in [6, 6.07) is 19.6. The molecule has 0 nitrogen and oxygen atoms in total. The first-order chi connectivity index (χ1) is 8.90. The Labute approximate surface area is 111 Å². The lowest BCUT2D eigenvalue weighted by molar-refractivity contribution is 0.667. The van der Waals surface area contributed by atoms with Gasteiger partial charge in [0.2, 0.25) is 0 Å². The van der Waals surface area contributed by atoms with Crippen molar-refractivity contribution >= 4 is 0 Å². The number of aryl methyl sites for hydroxylation is 1. The molecule has 2 aromatic carbocycles. The molecule has 2 rings (SSSR count). The Morgan fingerprint density at radius 3 is 2.28 bits per heavy atom. The van der Waals surface area contributed by atoms with E-state index >= 15 is 0 Å². The van der Waals surface area contributed by atoms with Gasteiger partial charge in [0, 0.05) is 0 Å². The summed E-state index contributed by atoms with van der Waals surface area (Å²) in [5, 5.41) is 0. The molecule has 2 aromatic rings. The fourth-order valence-electron chi connectivity index (χ4n) is 2.29. The second-order valence-corrected chi connectivity index (χ2v) is 4.88. The van der Waals surface area contributed by atoms with Crippen molar-refractivity contribution in [3.05, 3.63) is 60.2 Å². The molecule has 0 heterocycles. The van der Waals surface area contributed by atoms with E-state index in [1.54, 1.807) is 0 Å². The summed E-state index contributed by atoms with van der Waals surface area (Å²) in [5.74, 6) is 0. The molecule has 0 fully saturated rings. The summed E-state index contributed by atoms with van der Waals surface area (Å²) in [5.41, 5.74) is 4.11. The van der Waals surface area contributed by atoms with E-state index in [1.807, 2.05) is 0 Å². The molecule has 0 atom stereocenters. The van der Waals surface area contributed by atoms with Gasteiger partial charge >= 0.3 is 0 Å². The minimum Gasteiger partial charge on any atom is -0.0654 e. The topological polar surface area (TPSA) is 0 Å². The van der Waals surface area contributed by atoms with Gasteiger partial charge in [0.05, 0.1) is 0 Å². The van der Waals surface area contributed by atoms with Crippen molar-refractivity contribution in [3.8, 4) is 11.1 Å². The van der Waals surface area contributed by atoms with E-state index in [1.165, 1.54) is 48.8 Å². The van der Waals surface area contributed by atoms with Gasteiger partial charge in [-0.05, 0) is 29.5 Å². The van der Waals surface area contributed by atoms with E-state index in [2.05, 4.69) is 61.5 Å². The van der Waals surface area contributed by atoms with Crippen LogP contribution in [0.4, 0.5) is 0 Å². The number of benzene rings is 2. The Balaban J connectivity index is 2.02. The highest BCUT2D eigenvalue weighted by Gasteiger charge is 1.98. The maximum absolute atomic E-state index is 2.33. The smallest absolute Gasteiger partial charge is 0.0181 e. The summed E-state index contributed by atoms with van der Waals surface area (Å²) >= 11 is 0. The molecule has 0 unspecified atom stereocenters. The molecule has 0 bridgehead atoms. The standard InChI is InChI=1S/C18H22/c1-2-3-4-6-10-16-11-9-14-18(15-16)17-12-7-5-8-13-17/h5,7-9,11-15H,2-4,6,10H2,1H3. The molecular weight excluding hydrogens is 216 g/mol. The molecule has 0 radical (unpaired) electrons. The van der Waals surface area contributed by atoms with Crippen LogP contribution in [-0.4, -0.2) is 0 Å². The summed E-state index contributed by atoms with van der Waals surface area (Å²) < 4.78 is 0. The van der Waals surface area contributed by atoms with Gasteiger partial charge in [-0.3, -0.25) is 0 Å². The van der Waals surface area contributed by atoms with Crippen LogP contribution in [0.25, 0.3) is 11.1 Å². The molecule has 0 aliphatic rings. The van der Waals surface area contributed by atoms with Gasteiger partial charge in [-0.2, -0.15) is 0 Å². The molecule has 0 aliphatic carbocycles. The first kappa shape index (κ1) is 12.9. The number of hydrogen-bond acceptors (Lipinski definition) is 0. The maximum atomic E-state index is 2.33. The zero-order chi connectivity index (χ0) is 12.6. The van der Waals surface area contributed by atoms with Crippen molar-refractivity contribution in [2.75, 3.05) is 0 Å². The molecule has 0 amide bonds. The highest BCUT2D eigenvalue weighted by molar-refractivity contribution is 5.63. The van der Waals surface area contributed by atoms with Crippen LogP contribution >= 0.6 is 0 Å². The van der Waals surface area contributed by atoms with Crippen LogP contribution in [0.15, 0.2) is 54.6 Å². The van der Waals surface area contributed by atoms with Gasteiger partial charge in [-0.15, -0.1) is 0 Å². The molecule has 0 aliphatic heterocycles. The van der Waals surface area contributed by atoms with Crippen molar-refractivity contribution in [1.82, 2.24) is 0 Å². The van der Waals surface area contributed by atoms with Gasteiger partial charge in [0.15, 0.2) is 0 Å². The Bertz CT molecular complexity index is 456. The molecule has 0 spiro atoms. The van der Waals surface area contributed by atoms with Gasteiger partial charge in [-0.1, -0.05) is 80.8 Å². The molecule has 0 aromatic heterocycles. The molecular formula is C18H22. The Morgan fingerprint density at radius 1 is 0.722 bits per heavy atom. The van der Waals surface area contributed by atoms with Crippen molar-refractivity contribution in [3.63, 3.8) is 0 Å². The number of rotatable bonds is 6. The zero-order valence-corrected chi connectivity index (χ0v) is 11.2. The van der Waals surface area contributed by atoms with Crippen LogP contribution in [0.3, 0.4) is 0 Å². The molecule has 0 N–H and O–H groups in total. The van der Waals surface area contributed by atoms with E-state index < -0.39 is 0 Å². The van der Waals surface area contributed by atoms with Gasteiger partial charge < -0.3 is 0 Å². The van der Waals surface area contributed by atoms with E-state index in [0.717, 1.165) is 0 Å². The molecule has 0 saturated heterocycles. The quantitative estimate of drug-likeness (QED) is 0.585. The fourth-order valence-corrected chi connectivity index (χ4v) is 2.29. The first-order valence-corrected chi connectivity index (χ1v) is 7.04. The number of unbranched alkanes of at least 4 members (excludes halogenated alkanes) is 3. The van der Waals surface area contributed by atoms with Gasteiger partial charge in [0.25, 0.3) is 0 Å². The van der Waals surface area contributed by atoms with Crippen molar-refractivity contribution < 1.29 is 0 Å². The molecule has 0 heteroatoms. The van der Waals surface area contributed by atoms with Crippen LogP contribution in [0.5, 0.6) is 0 Å². The van der Waals surface area contributed by atoms with Gasteiger partial charge in [-0.25, -0.2) is 0 Å². The van der Waals surface area contributed by atoms with E-state index in [-0.39, 0.29) is 0 Å². The first-order valence-electron chi connectivity index (χ1n) is 7.04. The van der Waals surface area contributed by atoms with Crippen LogP contribution in [0.2, 0.25) is 0 Å². The second kappa shape index (κ2) is 7.00. The normalized spacial score (nSPS) is 10.5. The third kappa shape index (κ3) is 3.73. The monoisotopic (exact) mass is 238 g/mol. The summed E-state index contributed by atoms with van der Waals surface area (Å²) in [7, 11) is 0. The summed E-state index contributed by atoms with van der Waals surface area (Å²) in [4.78, 5) is 0. The lowest BCUT2D eigenvalue weighted by atomic mass is 10.00. The Morgan fingerprint density at radius 2 is 1.50 bits per heavy atom. The lowest BCUT2D eigenvalue weighted by Crippen LogP contribution is -1.87. The minimum atomic E-state index is 1.21. The minimum absolute atomic E-state index is 1.21. The fraction of sp³-hybridized carbons (Fsp3) is 0.333. The Kier molecular flexibility index (Phi) is 5.01. The second-order valence-electron chi connectivity index (χ2n) is 4.88. The summed E-state index contributed by atoms with van der Waals surface area (Å²) in [6.45, 7) is 2.26. The third-order valence-electron chi connectivity index (χ3n) is 3.35. The van der Waals surface area contributed by atoms with Crippen LogP contribution in [-0.2, 0) is 6.42 Å². The molecule has 18 heavy (non-hydrogen) atoms. The Hall–Kier alpha value is -1.56. The number of hydrogen-bond donors (Lipinski definition) is 0. The van der Waals surface area contributed by atoms with Crippen LogP contribution in [0.1, 0.15) is 38.2 Å². The third-order valence-corrected chi connectivity index (χ3v) is 3.35. The van der Waals surface area contributed by atoms with Gasteiger partial charge in [0.1, 0.15) is 0 Å². The van der Waals surface area contributed by atoms with Crippen molar-refractivity contribution in [2.24, 2.45) is 0 Å². The average Bonchev–Trinajstić information content (AvgIpc) is 2.45. The zero-order valence-electron chi connectivity index (χ0n) is 11.2. The lowest BCUT2D eigenvalue weighted by Gasteiger charge is -2.05. The summed E-state index contributed by atoms with van der Waals surface area (Å²) in [6.07, 6.45) is 6.54. The van der Waals surface area contributed by atoms with E-state index in [9.17, 15) is 0 Å².